The van der Waals surface area contributed by atoms with Crippen LogP contribution in [0.1, 0.15) is 52.4 Å². The van der Waals surface area contributed by atoms with Crippen LogP contribution < -0.4 is 0 Å². The van der Waals surface area contributed by atoms with E-state index in [1.54, 1.807) is 14.0 Å². The summed E-state index contributed by atoms with van der Waals surface area (Å²) in [6.07, 6.45) is -0.0377. The van der Waals surface area contributed by atoms with Crippen LogP contribution in [0.15, 0.2) is 4.52 Å². The van der Waals surface area contributed by atoms with Crippen LogP contribution >= 0.6 is 0 Å². The number of carboxylic acid groups (broad SMARTS) is 1. The Morgan fingerprint density at radius 3 is 2.40 bits per heavy atom. The summed E-state index contributed by atoms with van der Waals surface area (Å²) < 4.78 is 10.5. The van der Waals surface area contributed by atoms with Crippen LogP contribution in [0.3, 0.4) is 0 Å². The summed E-state index contributed by atoms with van der Waals surface area (Å²) in [5.41, 5.74) is -0.926. The summed E-state index contributed by atoms with van der Waals surface area (Å²) in [5.74, 6) is 0.106. The van der Waals surface area contributed by atoms with Gasteiger partial charge in [-0.2, -0.15) is 4.98 Å². The lowest BCUT2D eigenvalue weighted by Gasteiger charge is -2.27. The molecule has 0 aromatic carbocycles. The van der Waals surface area contributed by atoms with Crippen LogP contribution in [0.2, 0.25) is 0 Å². The molecule has 0 aliphatic heterocycles. The molecule has 0 radical (unpaired) electrons. The lowest BCUT2D eigenvalue weighted by molar-refractivity contribution is -0.150. The molecule has 1 rings (SSSR count). The number of methoxy groups -OCH3 is 1. The van der Waals surface area contributed by atoms with E-state index in [0.717, 1.165) is 0 Å². The van der Waals surface area contributed by atoms with Crippen molar-refractivity contribution in [2.24, 2.45) is 17.3 Å². The number of carbonyl (C=O) groups is 1. The zero-order chi connectivity index (χ0) is 15.5. The van der Waals surface area contributed by atoms with E-state index in [2.05, 4.69) is 10.1 Å². The predicted octanol–water partition coefficient (Wildman–Crippen LogP) is 2.70. The molecule has 0 bridgehead atoms. The molecule has 20 heavy (non-hydrogen) atoms. The van der Waals surface area contributed by atoms with E-state index in [4.69, 9.17) is 9.26 Å². The van der Waals surface area contributed by atoms with Crippen molar-refractivity contribution in [2.45, 2.75) is 47.1 Å². The summed E-state index contributed by atoms with van der Waals surface area (Å²) in [5, 5.41) is 13.3. The summed E-state index contributed by atoms with van der Waals surface area (Å²) in [6, 6.07) is 0. The number of carboxylic acids is 1. The quantitative estimate of drug-likeness (QED) is 0.828. The van der Waals surface area contributed by atoms with Gasteiger partial charge in [0.1, 0.15) is 6.10 Å². The molecule has 0 saturated carbocycles. The molecule has 0 saturated heterocycles. The van der Waals surface area contributed by atoms with Crippen molar-refractivity contribution < 1.29 is 19.2 Å². The maximum absolute atomic E-state index is 11.5. The number of hydrogen-bond acceptors (Lipinski definition) is 5. The number of ether oxygens (including phenoxy) is 1. The van der Waals surface area contributed by atoms with Crippen molar-refractivity contribution in [1.82, 2.24) is 10.1 Å². The molecular formula is C14H24N2O4. The molecule has 1 heterocycles. The molecule has 2 unspecified atom stereocenters. The number of aliphatic carboxylic acids is 1. The minimum Gasteiger partial charge on any atom is -0.481 e. The molecule has 1 N–H and O–H groups in total. The third kappa shape index (κ3) is 3.36. The molecule has 6 nitrogen and oxygen atoms in total. The van der Waals surface area contributed by atoms with Crippen LogP contribution in [0.5, 0.6) is 0 Å². The average molecular weight is 284 g/mol. The topological polar surface area (TPSA) is 85.5 Å². The van der Waals surface area contributed by atoms with Crippen LogP contribution in [0.4, 0.5) is 0 Å². The second-order valence-corrected chi connectivity index (χ2v) is 6.00. The molecule has 0 fully saturated rings. The minimum absolute atomic E-state index is 0.0429. The fourth-order valence-corrected chi connectivity index (χ4v) is 1.97. The first kappa shape index (κ1) is 16.6. The normalized spacial score (nSPS) is 16.4. The summed E-state index contributed by atoms with van der Waals surface area (Å²) in [7, 11) is 1.59. The average Bonchev–Trinajstić information content (AvgIpc) is 2.77. The van der Waals surface area contributed by atoms with E-state index >= 15 is 0 Å². The van der Waals surface area contributed by atoms with Gasteiger partial charge in [0.2, 0.25) is 11.7 Å². The fourth-order valence-electron chi connectivity index (χ4n) is 1.97. The third-order valence-electron chi connectivity index (χ3n) is 3.88. The zero-order valence-corrected chi connectivity index (χ0v) is 13.0. The number of aromatic nitrogens is 2. The Hall–Kier alpha value is -1.43. The van der Waals surface area contributed by atoms with Gasteiger partial charge < -0.3 is 14.4 Å². The van der Waals surface area contributed by atoms with Crippen LogP contribution in [-0.2, 0) is 16.0 Å². The van der Waals surface area contributed by atoms with Gasteiger partial charge in [-0.3, -0.25) is 4.79 Å². The largest absolute Gasteiger partial charge is 0.481 e. The first-order chi connectivity index (χ1) is 9.22. The first-order valence-electron chi connectivity index (χ1n) is 6.81. The second kappa shape index (κ2) is 6.35. The molecule has 2 atom stereocenters. The Morgan fingerprint density at radius 2 is 2.00 bits per heavy atom. The van der Waals surface area contributed by atoms with Crippen molar-refractivity contribution in [3.05, 3.63) is 11.7 Å². The summed E-state index contributed by atoms with van der Waals surface area (Å²) >= 11 is 0. The van der Waals surface area contributed by atoms with Gasteiger partial charge in [-0.15, -0.1) is 0 Å². The zero-order valence-electron chi connectivity index (χ0n) is 13.0. The number of rotatable bonds is 7. The molecule has 0 aliphatic rings. The van der Waals surface area contributed by atoms with Crippen molar-refractivity contribution in [3.8, 4) is 0 Å². The van der Waals surface area contributed by atoms with Gasteiger partial charge in [0.05, 0.1) is 5.41 Å². The van der Waals surface area contributed by atoms with Gasteiger partial charge in [0.25, 0.3) is 0 Å². The highest BCUT2D eigenvalue weighted by Crippen LogP contribution is 2.32. The molecule has 0 spiro atoms. The maximum Gasteiger partial charge on any atom is 0.310 e. The number of nitrogens with zero attached hydrogens (tertiary/aromatic N) is 2. The van der Waals surface area contributed by atoms with Gasteiger partial charge in [-0.05, 0) is 18.8 Å². The van der Waals surface area contributed by atoms with Crippen molar-refractivity contribution in [2.75, 3.05) is 7.11 Å². The van der Waals surface area contributed by atoms with E-state index in [1.807, 2.05) is 27.7 Å². The van der Waals surface area contributed by atoms with E-state index in [0.29, 0.717) is 11.7 Å². The SMILES string of the molecule is COC(c1noc(CC(C)(C(=O)O)C(C)C)n1)C(C)C. The molecular weight excluding hydrogens is 260 g/mol. The van der Waals surface area contributed by atoms with Crippen molar-refractivity contribution in [3.63, 3.8) is 0 Å². The Morgan fingerprint density at radius 1 is 1.40 bits per heavy atom. The van der Waals surface area contributed by atoms with Gasteiger partial charge >= 0.3 is 5.97 Å². The van der Waals surface area contributed by atoms with E-state index in [-0.39, 0.29) is 24.4 Å². The minimum atomic E-state index is -0.926. The van der Waals surface area contributed by atoms with Gasteiger partial charge in [0, 0.05) is 13.5 Å². The maximum atomic E-state index is 11.5. The highest BCUT2D eigenvalue weighted by Gasteiger charge is 2.39. The Balaban J connectivity index is 2.95. The van der Waals surface area contributed by atoms with E-state index in [1.165, 1.54) is 0 Å². The fraction of sp³-hybridized carbons (Fsp3) is 0.786. The second-order valence-electron chi connectivity index (χ2n) is 6.00. The van der Waals surface area contributed by atoms with Crippen LogP contribution in [-0.4, -0.2) is 28.3 Å². The van der Waals surface area contributed by atoms with E-state index < -0.39 is 11.4 Å². The summed E-state index contributed by atoms with van der Waals surface area (Å²) in [4.78, 5) is 15.7. The van der Waals surface area contributed by atoms with Crippen molar-refractivity contribution >= 4 is 5.97 Å². The van der Waals surface area contributed by atoms with Crippen LogP contribution in [0.25, 0.3) is 0 Å². The van der Waals surface area contributed by atoms with E-state index in [9.17, 15) is 9.90 Å². The van der Waals surface area contributed by atoms with Crippen LogP contribution in [0, 0.1) is 17.3 Å². The Bertz CT molecular complexity index is 456. The highest BCUT2D eigenvalue weighted by molar-refractivity contribution is 5.74. The molecule has 0 amide bonds. The first-order valence-corrected chi connectivity index (χ1v) is 6.81. The Kier molecular flexibility index (Phi) is 5.28. The van der Waals surface area contributed by atoms with Gasteiger partial charge in [-0.1, -0.05) is 32.9 Å². The molecule has 1 aromatic heterocycles. The molecule has 114 valence electrons. The predicted molar refractivity (Wildman–Crippen MR) is 73.2 cm³/mol. The molecule has 6 heteroatoms. The smallest absolute Gasteiger partial charge is 0.310 e. The summed E-state index contributed by atoms with van der Waals surface area (Å²) in [6.45, 7) is 9.44. The molecule has 0 aliphatic carbocycles. The highest BCUT2D eigenvalue weighted by atomic mass is 16.5. The monoisotopic (exact) mass is 284 g/mol. The lowest BCUT2D eigenvalue weighted by Crippen LogP contribution is -2.35. The van der Waals surface area contributed by atoms with Crippen molar-refractivity contribution in [1.29, 1.82) is 0 Å². The third-order valence-corrected chi connectivity index (χ3v) is 3.88. The standard InChI is InChI=1S/C14H24N2O4/c1-8(2)11(19-6)12-15-10(20-16-12)7-14(5,9(3)4)13(17)18/h8-9,11H,7H2,1-6H3,(H,17,18). The van der Waals surface area contributed by atoms with Gasteiger partial charge in [-0.25, -0.2) is 0 Å². The molecule has 1 aromatic rings. The number of hydrogen-bond donors (Lipinski definition) is 1. The van der Waals surface area contributed by atoms with Gasteiger partial charge in [0.15, 0.2) is 0 Å². The lowest BCUT2D eigenvalue weighted by atomic mass is 9.76. The Labute approximate surface area is 119 Å².